The molecule has 0 saturated heterocycles. The van der Waals surface area contributed by atoms with Gasteiger partial charge in [0.15, 0.2) is 0 Å². The third kappa shape index (κ3) is 6.76. The smallest absolute Gasteiger partial charge is 0.407 e. The maximum atomic E-state index is 12.0. The van der Waals surface area contributed by atoms with Gasteiger partial charge < -0.3 is 15.4 Å². The molecular formula is C15H22ClN3O3. The van der Waals surface area contributed by atoms with Gasteiger partial charge in [-0.2, -0.15) is 0 Å². The fraction of sp³-hybridized carbons (Fsp3) is 0.533. The molecule has 0 radical (unpaired) electrons. The summed E-state index contributed by atoms with van der Waals surface area (Å²) in [6.07, 6.45) is 1.71. The van der Waals surface area contributed by atoms with Crippen LogP contribution in [0, 0.1) is 5.92 Å². The van der Waals surface area contributed by atoms with Gasteiger partial charge in [-0.1, -0.05) is 25.4 Å². The van der Waals surface area contributed by atoms with Crippen molar-refractivity contribution in [3.05, 3.63) is 29.0 Å². The molecule has 0 aliphatic heterocycles. The summed E-state index contributed by atoms with van der Waals surface area (Å²) in [5.41, 5.74) is 0.243. The van der Waals surface area contributed by atoms with Crippen molar-refractivity contribution in [2.24, 2.45) is 5.92 Å². The Morgan fingerprint density at radius 3 is 2.73 bits per heavy atom. The molecule has 2 N–H and O–H groups in total. The summed E-state index contributed by atoms with van der Waals surface area (Å²) < 4.78 is 4.87. The number of carbonyl (C=O) groups is 2. The van der Waals surface area contributed by atoms with Crippen LogP contribution in [0.5, 0.6) is 0 Å². The summed E-state index contributed by atoms with van der Waals surface area (Å²) in [7, 11) is 0. The third-order valence-electron chi connectivity index (χ3n) is 2.82. The van der Waals surface area contributed by atoms with E-state index in [-0.39, 0.29) is 17.6 Å². The van der Waals surface area contributed by atoms with Crippen LogP contribution in [0.4, 0.5) is 4.79 Å². The summed E-state index contributed by atoms with van der Waals surface area (Å²) in [6, 6.07) is 2.89. The van der Waals surface area contributed by atoms with Crippen molar-refractivity contribution in [1.29, 1.82) is 0 Å². The number of nitrogens with zero attached hydrogens (tertiary/aromatic N) is 1. The highest BCUT2D eigenvalue weighted by Gasteiger charge is 2.16. The number of ether oxygens (including phenoxy) is 1. The van der Waals surface area contributed by atoms with E-state index in [9.17, 15) is 9.59 Å². The third-order valence-corrected chi connectivity index (χ3v) is 3.05. The summed E-state index contributed by atoms with van der Waals surface area (Å²) in [5.74, 6) is 0.0371. The highest BCUT2D eigenvalue weighted by Crippen LogP contribution is 2.08. The lowest BCUT2D eigenvalue weighted by Crippen LogP contribution is -2.44. The molecule has 0 saturated carbocycles. The van der Waals surface area contributed by atoms with Gasteiger partial charge in [0.1, 0.15) is 5.69 Å². The number of nitrogens with one attached hydrogen (secondary N) is 2. The molecule has 0 spiro atoms. The molecule has 0 aliphatic rings. The second-order valence-corrected chi connectivity index (χ2v) is 5.70. The maximum Gasteiger partial charge on any atom is 0.407 e. The lowest BCUT2D eigenvalue weighted by Gasteiger charge is -2.20. The molecule has 0 bridgehead atoms. The molecule has 122 valence electrons. The van der Waals surface area contributed by atoms with Crippen LogP contribution < -0.4 is 10.6 Å². The fourth-order valence-corrected chi connectivity index (χ4v) is 2.10. The van der Waals surface area contributed by atoms with Crippen LogP contribution in [0.25, 0.3) is 0 Å². The Morgan fingerprint density at radius 1 is 1.41 bits per heavy atom. The standard InChI is InChI=1S/C15H22ClN3O3/c1-4-22-15(21)19-12(7-10(2)3)9-18-14(20)13-8-11(16)5-6-17-13/h5-6,8,10,12H,4,7,9H2,1-3H3,(H,18,20)(H,19,21)/t12-/m0/s1. The molecule has 0 unspecified atom stereocenters. The van der Waals surface area contributed by atoms with Gasteiger partial charge in [0.25, 0.3) is 5.91 Å². The quantitative estimate of drug-likeness (QED) is 0.806. The Hall–Kier alpha value is -1.82. The molecule has 0 fully saturated rings. The predicted octanol–water partition coefficient (Wildman–Crippen LogP) is 2.63. The number of hydrogen-bond donors (Lipinski definition) is 2. The van der Waals surface area contributed by atoms with Crippen molar-refractivity contribution in [2.75, 3.05) is 13.2 Å². The average molecular weight is 328 g/mol. The van der Waals surface area contributed by atoms with Crippen molar-refractivity contribution in [1.82, 2.24) is 15.6 Å². The van der Waals surface area contributed by atoms with E-state index < -0.39 is 6.09 Å². The van der Waals surface area contributed by atoms with Crippen LogP contribution >= 0.6 is 11.6 Å². The van der Waals surface area contributed by atoms with Gasteiger partial charge in [-0.3, -0.25) is 9.78 Å². The first kappa shape index (κ1) is 18.2. The monoisotopic (exact) mass is 327 g/mol. The van der Waals surface area contributed by atoms with E-state index >= 15 is 0 Å². The number of alkyl carbamates (subject to hydrolysis) is 1. The van der Waals surface area contributed by atoms with E-state index in [2.05, 4.69) is 15.6 Å². The number of amides is 2. The molecule has 0 aliphatic carbocycles. The van der Waals surface area contributed by atoms with Crippen molar-refractivity contribution in [2.45, 2.75) is 33.2 Å². The average Bonchev–Trinajstić information content (AvgIpc) is 2.44. The van der Waals surface area contributed by atoms with Crippen molar-refractivity contribution < 1.29 is 14.3 Å². The topological polar surface area (TPSA) is 80.3 Å². The molecule has 1 aromatic heterocycles. The van der Waals surface area contributed by atoms with E-state index in [1.165, 1.54) is 12.3 Å². The maximum absolute atomic E-state index is 12.0. The summed E-state index contributed by atoms with van der Waals surface area (Å²) in [5, 5.41) is 5.94. The number of carbonyl (C=O) groups excluding carboxylic acids is 2. The Bertz CT molecular complexity index is 509. The van der Waals surface area contributed by atoms with Gasteiger partial charge in [0.2, 0.25) is 0 Å². The Morgan fingerprint density at radius 2 is 2.14 bits per heavy atom. The lowest BCUT2D eigenvalue weighted by molar-refractivity contribution is 0.0939. The van der Waals surface area contributed by atoms with E-state index in [1.807, 2.05) is 13.8 Å². The van der Waals surface area contributed by atoms with E-state index in [1.54, 1.807) is 13.0 Å². The van der Waals surface area contributed by atoms with Crippen LogP contribution in [0.3, 0.4) is 0 Å². The molecule has 7 heteroatoms. The minimum Gasteiger partial charge on any atom is -0.450 e. The molecule has 1 heterocycles. The van der Waals surface area contributed by atoms with Gasteiger partial charge in [0.05, 0.1) is 6.61 Å². The summed E-state index contributed by atoms with van der Waals surface area (Å²) >= 11 is 5.83. The fourth-order valence-electron chi connectivity index (χ4n) is 1.94. The Kier molecular flexibility index (Phi) is 7.66. The van der Waals surface area contributed by atoms with Crippen molar-refractivity contribution in [3.63, 3.8) is 0 Å². The van der Waals surface area contributed by atoms with Gasteiger partial charge in [-0.15, -0.1) is 0 Å². The first-order chi connectivity index (χ1) is 10.4. The number of rotatable bonds is 7. The number of hydrogen-bond acceptors (Lipinski definition) is 4. The van der Waals surface area contributed by atoms with Crippen molar-refractivity contribution >= 4 is 23.6 Å². The van der Waals surface area contributed by atoms with E-state index in [4.69, 9.17) is 16.3 Å². The molecular weight excluding hydrogens is 306 g/mol. The Labute approximate surface area is 135 Å². The van der Waals surface area contributed by atoms with Crippen LogP contribution in [0.2, 0.25) is 5.02 Å². The molecule has 0 aromatic carbocycles. The zero-order valence-electron chi connectivity index (χ0n) is 13.1. The second kappa shape index (κ2) is 9.25. The lowest BCUT2D eigenvalue weighted by atomic mass is 10.0. The molecule has 2 amide bonds. The minimum absolute atomic E-state index is 0.206. The highest BCUT2D eigenvalue weighted by atomic mass is 35.5. The zero-order chi connectivity index (χ0) is 16.5. The number of aromatic nitrogens is 1. The van der Waals surface area contributed by atoms with E-state index in [0.717, 1.165) is 6.42 Å². The molecule has 1 atom stereocenters. The van der Waals surface area contributed by atoms with Crippen LogP contribution in [-0.4, -0.2) is 36.2 Å². The van der Waals surface area contributed by atoms with Gasteiger partial charge >= 0.3 is 6.09 Å². The molecule has 1 rings (SSSR count). The zero-order valence-corrected chi connectivity index (χ0v) is 13.8. The highest BCUT2D eigenvalue weighted by molar-refractivity contribution is 6.30. The molecule has 6 nitrogen and oxygen atoms in total. The molecule has 22 heavy (non-hydrogen) atoms. The van der Waals surface area contributed by atoms with Crippen LogP contribution in [-0.2, 0) is 4.74 Å². The van der Waals surface area contributed by atoms with Crippen LogP contribution in [0.15, 0.2) is 18.3 Å². The van der Waals surface area contributed by atoms with Gasteiger partial charge in [0, 0.05) is 23.8 Å². The minimum atomic E-state index is -0.483. The normalized spacial score (nSPS) is 11.9. The van der Waals surface area contributed by atoms with Gasteiger partial charge in [-0.25, -0.2) is 4.79 Å². The second-order valence-electron chi connectivity index (χ2n) is 5.26. The number of pyridine rings is 1. The van der Waals surface area contributed by atoms with Crippen molar-refractivity contribution in [3.8, 4) is 0 Å². The van der Waals surface area contributed by atoms with Gasteiger partial charge in [-0.05, 0) is 31.4 Å². The largest absolute Gasteiger partial charge is 0.450 e. The summed E-state index contributed by atoms with van der Waals surface area (Å²) in [4.78, 5) is 27.5. The SMILES string of the molecule is CCOC(=O)N[C@H](CNC(=O)c1cc(Cl)ccn1)CC(C)C. The summed E-state index contributed by atoms with van der Waals surface area (Å²) in [6.45, 7) is 6.42. The van der Waals surface area contributed by atoms with Crippen LogP contribution in [0.1, 0.15) is 37.7 Å². The predicted molar refractivity (Wildman–Crippen MR) is 85.0 cm³/mol. The first-order valence-corrected chi connectivity index (χ1v) is 7.63. The van der Waals surface area contributed by atoms with E-state index in [0.29, 0.717) is 24.1 Å². The Balaban J connectivity index is 2.58. The first-order valence-electron chi connectivity index (χ1n) is 7.25. The molecule has 1 aromatic rings. The number of halogens is 1.